The Hall–Kier alpha value is -1.21. The zero-order valence-electron chi connectivity index (χ0n) is 17.8. The first-order chi connectivity index (χ1) is 14.1. The van der Waals surface area contributed by atoms with Crippen LogP contribution < -0.4 is 5.63 Å². The molecule has 1 aromatic heterocycles. The average Bonchev–Trinajstić information content (AvgIpc) is 2.91. The predicted molar refractivity (Wildman–Crippen MR) is 110 cm³/mol. The van der Waals surface area contributed by atoms with Gasteiger partial charge in [0.05, 0.1) is 24.6 Å². The van der Waals surface area contributed by atoms with Gasteiger partial charge in [-0.05, 0) is 79.7 Å². The van der Waals surface area contributed by atoms with Gasteiger partial charge in [-0.3, -0.25) is 0 Å². The van der Waals surface area contributed by atoms with Crippen LogP contribution in [-0.4, -0.2) is 44.3 Å². The van der Waals surface area contributed by atoms with Crippen molar-refractivity contribution in [3.05, 3.63) is 34.4 Å². The van der Waals surface area contributed by atoms with Crippen molar-refractivity contribution in [1.82, 2.24) is 0 Å². The summed E-state index contributed by atoms with van der Waals surface area (Å²) in [7, 11) is 0. The molecule has 0 aliphatic heterocycles. The molecule has 0 bridgehead atoms. The minimum absolute atomic E-state index is 0.0441. The van der Waals surface area contributed by atoms with Crippen molar-refractivity contribution in [2.24, 2.45) is 28.6 Å². The number of aliphatic hydroxyl groups excluding tert-OH is 3. The molecule has 0 radical (unpaired) electrons. The number of fused-ring (bicyclic) bond motifs is 5. The van der Waals surface area contributed by atoms with Gasteiger partial charge in [-0.25, -0.2) is 4.79 Å². The molecular weight excluding hydrogens is 384 g/mol. The summed E-state index contributed by atoms with van der Waals surface area (Å²) in [5.74, 6) is -0.195. The summed E-state index contributed by atoms with van der Waals surface area (Å²) < 4.78 is 5.10. The summed E-state index contributed by atoms with van der Waals surface area (Å²) in [5.41, 5.74) is -1.66. The second-order valence-electron chi connectivity index (χ2n) is 11.0. The van der Waals surface area contributed by atoms with Crippen LogP contribution in [0.5, 0.6) is 0 Å². The molecule has 0 amide bonds. The quantitative estimate of drug-likeness (QED) is 0.556. The summed E-state index contributed by atoms with van der Waals surface area (Å²) in [5, 5.41) is 44.9. The largest absolute Gasteiger partial charge is 0.431 e. The van der Waals surface area contributed by atoms with Crippen LogP contribution in [0.3, 0.4) is 0 Å². The topological polar surface area (TPSA) is 111 Å². The minimum Gasteiger partial charge on any atom is -0.431 e. The first-order valence-electron chi connectivity index (χ1n) is 11.5. The summed E-state index contributed by atoms with van der Waals surface area (Å²) in [6.45, 7) is 4.30. The van der Waals surface area contributed by atoms with Crippen molar-refractivity contribution >= 4 is 0 Å². The van der Waals surface area contributed by atoms with Crippen LogP contribution in [0.25, 0.3) is 0 Å². The lowest BCUT2D eigenvalue weighted by Gasteiger charge is -2.65. The molecule has 5 rings (SSSR count). The van der Waals surface area contributed by atoms with Crippen molar-refractivity contribution in [2.75, 3.05) is 0 Å². The molecule has 0 spiro atoms. The molecule has 4 N–H and O–H groups in total. The van der Waals surface area contributed by atoms with Crippen LogP contribution in [0.2, 0.25) is 0 Å². The standard InChI is InChI=1S/C24H34O6/c1-22-7-5-15(25)9-14(22)10-18(26)21-16(22)6-8-23(2)17(11-19(27)24(21,23)29)13-3-4-20(28)30-12-13/h3-4,12,14-19,21,25-27,29H,5-11H2,1-2H3/t14-,15-,16-,17+,18-,19-,21-,22-,23+,24-/m0/s1. The van der Waals surface area contributed by atoms with Gasteiger partial charge in [0.15, 0.2) is 0 Å². The van der Waals surface area contributed by atoms with Gasteiger partial charge in [0.2, 0.25) is 0 Å². The Morgan fingerprint density at radius 3 is 2.50 bits per heavy atom. The third-order valence-corrected chi connectivity index (χ3v) is 9.99. The van der Waals surface area contributed by atoms with Gasteiger partial charge in [-0.1, -0.05) is 13.8 Å². The van der Waals surface area contributed by atoms with E-state index in [-0.39, 0.29) is 29.3 Å². The molecule has 1 heterocycles. The first-order valence-corrected chi connectivity index (χ1v) is 11.5. The lowest BCUT2D eigenvalue weighted by Crippen LogP contribution is -2.68. The van der Waals surface area contributed by atoms with Crippen LogP contribution >= 0.6 is 0 Å². The van der Waals surface area contributed by atoms with E-state index in [0.717, 1.165) is 31.2 Å². The lowest BCUT2D eigenvalue weighted by molar-refractivity contribution is -0.261. The van der Waals surface area contributed by atoms with Crippen LogP contribution in [0.1, 0.15) is 70.3 Å². The third kappa shape index (κ3) is 2.54. The lowest BCUT2D eigenvalue weighted by atomic mass is 9.42. The Balaban J connectivity index is 1.56. The monoisotopic (exact) mass is 418 g/mol. The Morgan fingerprint density at radius 2 is 1.80 bits per heavy atom. The normalized spacial score (nSPS) is 52.9. The van der Waals surface area contributed by atoms with Gasteiger partial charge in [-0.2, -0.15) is 0 Å². The molecule has 6 heteroatoms. The fraction of sp³-hybridized carbons (Fsp3) is 0.792. The summed E-state index contributed by atoms with van der Waals surface area (Å²) >= 11 is 0. The van der Waals surface area contributed by atoms with E-state index in [4.69, 9.17) is 4.42 Å². The van der Waals surface area contributed by atoms with Gasteiger partial charge < -0.3 is 24.8 Å². The molecule has 30 heavy (non-hydrogen) atoms. The number of aliphatic hydroxyl groups is 4. The van der Waals surface area contributed by atoms with Crippen LogP contribution in [0, 0.1) is 28.6 Å². The molecule has 166 valence electrons. The van der Waals surface area contributed by atoms with Crippen molar-refractivity contribution in [3.63, 3.8) is 0 Å². The molecule has 6 nitrogen and oxygen atoms in total. The Morgan fingerprint density at radius 1 is 1.03 bits per heavy atom. The molecule has 10 atom stereocenters. The molecule has 4 fully saturated rings. The maximum Gasteiger partial charge on any atom is 0.335 e. The van der Waals surface area contributed by atoms with Gasteiger partial charge in [-0.15, -0.1) is 0 Å². The molecule has 1 aromatic rings. The van der Waals surface area contributed by atoms with E-state index in [0.29, 0.717) is 19.3 Å². The number of hydrogen-bond acceptors (Lipinski definition) is 6. The van der Waals surface area contributed by atoms with E-state index in [1.165, 1.54) is 12.3 Å². The Bertz CT molecular complexity index is 862. The molecule has 0 saturated heterocycles. The average molecular weight is 419 g/mol. The Labute approximate surface area is 176 Å². The van der Waals surface area contributed by atoms with E-state index in [9.17, 15) is 25.2 Å². The van der Waals surface area contributed by atoms with Gasteiger partial charge in [0.25, 0.3) is 0 Å². The molecule has 4 aliphatic carbocycles. The number of hydrogen-bond donors (Lipinski definition) is 4. The predicted octanol–water partition coefficient (Wildman–Crippen LogP) is 2.18. The zero-order chi connectivity index (χ0) is 21.5. The SMILES string of the molecule is C[C@]12CC[C@H](O)C[C@H]1C[C@H](O)[C@@H]1[C@@H]2CC[C@]2(C)[C@@H](c3ccc(=O)oc3)C[C@H](O)[C@]12O. The zero-order valence-corrected chi connectivity index (χ0v) is 17.8. The van der Waals surface area contributed by atoms with E-state index in [1.54, 1.807) is 6.07 Å². The molecule has 0 unspecified atom stereocenters. The molecule has 4 aliphatic rings. The van der Waals surface area contributed by atoms with Gasteiger partial charge >= 0.3 is 5.63 Å². The molecular formula is C24H34O6. The van der Waals surface area contributed by atoms with E-state index >= 15 is 0 Å². The molecule has 4 saturated carbocycles. The summed E-state index contributed by atoms with van der Waals surface area (Å²) in [6, 6.07) is 3.13. The van der Waals surface area contributed by atoms with E-state index in [1.807, 2.05) is 6.92 Å². The maximum absolute atomic E-state index is 12.2. The fourth-order valence-corrected chi connectivity index (χ4v) is 8.30. The van der Waals surface area contributed by atoms with Crippen LogP contribution in [0.15, 0.2) is 27.6 Å². The van der Waals surface area contributed by atoms with Crippen LogP contribution in [0.4, 0.5) is 0 Å². The Kier molecular flexibility index (Phi) is 4.58. The molecule has 0 aromatic carbocycles. The number of rotatable bonds is 1. The first kappa shape index (κ1) is 20.7. The fourth-order valence-electron chi connectivity index (χ4n) is 8.30. The van der Waals surface area contributed by atoms with Crippen molar-refractivity contribution in [3.8, 4) is 0 Å². The van der Waals surface area contributed by atoms with E-state index < -0.39 is 34.8 Å². The minimum atomic E-state index is -1.40. The third-order valence-electron chi connectivity index (χ3n) is 9.99. The second-order valence-corrected chi connectivity index (χ2v) is 11.0. The maximum atomic E-state index is 12.2. The smallest absolute Gasteiger partial charge is 0.335 e. The van der Waals surface area contributed by atoms with Gasteiger partial charge in [0, 0.05) is 17.4 Å². The highest BCUT2D eigenvalue weighted by Gasteiger charge is 2.72. The van der Waals surface area contributed by atoms with Crippen molar-refractivity contribution < 1.29 is 24.8 Å². The van der Waals surface area contributed by atoms with Gasteiger partial charge in [0.1, 0.15) is 5.60 Å². The second kappa shape index (κ2) is 6.64. The van der Waals surface area contributed by atoms with Crippen LogP contribution in [-0.2, 0) is 0 Å². The van der Waals surface area contributed by atoms with E-state index in [2.05, 4.69) is 6.92 Å². The summed E-state index contributed by atoms with van der Waals surface area (Å²) in [6.07, 6.45) is 4.42. The van der Waals surface area contributed by atoms with Crippen molar-refractivity contribution in [1.29, 1.82) is 0 Å². The highest BCUT2D eigenvalue weighted by Crippen LogP contribution is 2.70. The highest BCUT2D eigenvalue weighted by atomic mass is 16.4. The summed E-state index contributed by atoms with van der Waals surface area (Å²) in [4.78, 5) is 11.4. The highest BCUT2D eigenvalue weighted by molar-refractivity contribution is 5.30. The van der Waals surface area contributed by atoms with Crippen molar-refractivity contribution in [2.45, 2.75) is 88.6 Å².